The number of pyridine rings is 1. The van der Waals surface area contributed by atoms with Crippen LogP contribution in [0.5, 0.6) is 0 Å². The maximum atomic E-state index is 11.2. The van der Waals surface area contributed by atoms with E-state index in [1.54, 1.807) is 24.5 Å². The van der Waals surface area contributed by atoms with Crippen molar-refractivity contribution in [2.75, 3.05) is 0 Å². The number of fused-ring (bicyclic) bond motifs is 1. The van der Waals surface area contributed by atoms with E-state index in [1.165, 1.54) is 21.4 Å². The zero-order valence-corrected chi connectivity index (χ0v) is 14.3. The summed E-state index contributed by atoms with van der Waals surface area (Å²) < 4.78 is 1.23. The largest absolute Gasteiger partial charge is 0.477 e. The lowest BCUT2D eigenvalue weighted by Crippen LogP contribution is -1.94. The van der Waals surface area contributed by atoms with E-state index in [0.717, 1.165) is 16.0 Å². The molecule has 0 unspecified atom stereocenters. The monoisotopic (exact) mass is 352 g/mol. The van der Waals surface area contributed by atoms with Crippen LogP contribution in [0.1, 0.15) is 15.4 Å². The van der Waals surface area contributed by atoms with Crippen LogP contribution in [0.2, 0.25) is 0 Å². The Hall–Kier alpha value is -2.57. The molecule has 0 fully saturated rings. The van der Waals surface area contributed by atoms with Crippen LogP contribution in [-0.2, 0) is 0 Å². The first-order valence-electron chi connectivity index (χ1n) is 7.27. The van der Waals surface area contributed by atoms with Crippen LogP contribution in [0, 0.1) is 6.92 Å². The topological polar surface area (TPSA) is 63.1 Å². The van der Waals surface area contributed by atoms with E-state index >= 15 is 0 Å². The van der Waals surface area contributed by atoms with Crippen LogP contribution < -0.4 is 0 Å². The molecule has 1 N–H and O–H groups in total. The summed E-state index contributed by atoms with van der Waals surface area (Å²) in [5.74, 6) is -0.940. The average Bonchev–Trinajstić information content (AvgIpc) is 3.18. The first-order valence-corrected chi connectivity index (χ1v) is 8.90. The number of aromatic nitrogens is 2. The molecule has 24 heavy (non-hydrogen) atoms. The minimum atomic E-state index is -0.940. The number of thiophene rings is 1. The van der Waals surface area contributed by atoms with Gasteiger partial charge in [-0.05, 0) is 30.5 Å². The van der Waals surface area contributed by atoms with Crippen molar-refractivity contribution in [3.05, 3.63) is 59.4 Å². The number of carboxylic acid groups (broad SMARTS) is 1. The van der Waals surface area contributed by atoms with E-state index in [9.17, 15) is 9.90 Å². The highest BCUT2D eigenvalue weighted by molar-refractivity contribution is 7.22. The second kappa shape index (κ2) is 5.81. The second-order valence-corrected chi connectivity index (χ2v) is 7.43. The van der Waals surface area contributed by atoms with Crippen LogP contribution in [0.15, 0.2) is 48.8 Å². The molecule has 4 aromatic rings. The Morgan fingerprint density at radius 1 is 1.08 bits per heavy atom. The minimum Gasteiger partial charge on any atom is -0.477 e. The van der Waals surface area contributed by atoms with Gasteiger partial charge in [0.1, 0.15) is 9.88 Å². The SMILES string of the molecule is Cc1nc(-c2cncc(-c3cc4ccccc4s3)c2)sc1C(=O)O. The summed E-state index contributed by atoms with van der Waals surface area (Å²) in [4.78, 5) is 21.3. The minimum absolute atomic E-state index is 0.275. The van der Waals surface area contributed by atoms with Crippen LogP contribution in [0.3, 0.4) is 0 Å². The molecule has 4 rings (SSSR count). The molecule has 0 saturated heterocycles. The molecule has 4 nitrogen and oxygen atoms in total. The normalized spacial score (nSPS) is 11.0. The van der Waals surface area contributed by atoms with Gasteiger partial charge in [-0.2, -0.15) is 0 Å². The summed E-state index contributed by atoms with van der Waals surface area (Å²) in [5.41, 5.74) is 2.39. The fourth-order valence-electron chi connectivity index (χ4n) is 2.53. The van der Waals surface area contributed by atoms with Gasteiger partial charge >= 0.3 is 5.97 Å². The molecule has 0 radical (unpaired) electrons. The van der Waals surface area contributed by atoms with Gasteiger partial charge in [0, 0.05) is 33.1 Å². The number of hydrogen-bond acceptors (Lipinski definition) is 5. The zero-order chi connectivity index (χ0) is 16.7. The highest BCUT2D eigenvalue weighted by Crippen LogP contribution is 2.35. The maximum Gasteiger partial charge on any atom is 0.347 e. The molecular formula is C18H12N2O2S2. The van der Waals surface area contributed by atoms with Gasteiger partial charge in [-0.3, -0.25) is 4.98 Å². The molecular weight excluding hydrogens is 340 g/mol. The predicted molar refractivity (Wildman–Crippen MR) is 97.9 cm³/mol. The van der Waals surface area contributed by atoms with Crippen molar-refractivity contribution in [2.24, 2.45) is 0 Å². The van der Waals surface area contributed by atoms with E-state index < -0.39 is 5.97 Å². The van der Waals surface area contributed by atoms with Gasteiger partial charge in [-0.25, -0.2) is 9.78 Å². The van der Waals surface area contributed by atoms with Crippen molar-refractivity contribution in [1.82, 2.24) is 9.97 Å². The molecule has 0 spiro atoms. The molecule has 0 aliphatic heterocycles. The van der Waals surface area contributed by atoms with Gasteiger partial charge in [-0.1, -0.05) is 18.2 Å². The van der Waals surface area contributed by atoms with Crippen molar-refractivity contribution in [2.45, 2.75) is 6.92 Å². The summed E-state index contributed by atoms with van der Waals surface area (Å²) >= 11 is 2.90. The van der Waals surface area contributed by atoms with Crippen LogP contribution in [-0.4, -0.2) is 21.0 Å². The molecule has 0 bridgehead atoms. The molecule has 3 heterocycles. The fraction of sp³-hybridized carbons (Fsp3) is 0.0556. The molecule has 0 atom stereocenters. The zero-order valence-electron chi connectivity index (χ0n) is 12.7. The van der Waals surface area contributed by atoms with Crippen LogP contribution >= 0.6 is 22.7 Å². The number of hydrogen-bond donors (Lipinski definition) is 1. The van der Waals surface area contributed by atoms with Crippen molar-refractivity contribution in [3.8, 4) is 21.0 Å². The van der Waals surface area contributed by atoms with Crippen molar-refractivity contribution in [3.63, 3.8) is 0 Å². The number of rotatable bonds is 3. The fourth-order valence-corrected chi connectivity index (χ4v) is 4.46. The van der Waals surface area contributed by atoms with Gasteiger partial charge in [0.25, 0.3) is 0 Å². The van der Waals surface area contributed by atoms with Crippen LogP contribution in [0.4, 0.5) is 0 Å². The summed E-state index contributed by atoms with van der Waals surface area (Å²) in [6.07, 6.45) is 3.55. The Morgan fingerprint density at radius 2 is 1.88 bits per heavy atom. The summed E-state index contributed by atoms with van der Waals surface area (Å²) in [5, 5.41) is 11.1. The lowest BCUT2D eigenvalue weighted by atomic mass is 10.1. The quantitative estimate of drug-likeness (QED) is 0.557. The lowest BCUT2D eigenvalue weighted by Gasteiger charge is -2.00. The first-order chi connectivity index (χ1) is 11.6. The third-order valence-corrected chi connectivity index (χ3v) is 6.05. The average molecular weight is 352 g/mol. The molecule has 118 valence electrons. The van der Waals surface area contributed by atoms with Gasteiger partial charge in [0.15, 0.2) is 0 Å². The van der Waals surface area contributed by atoms with Crippen molar-refractivity contribution >= 4 is 38.7 Å². The second-order valence-electron chi connectivity index (χ2n) is 5.35. The molecule has 3 aromatic heterocycles. The van der Waals surface area contributed by atoms with E-state index in [4.69, 9.17) is 0 Å². The lowest BCUT2D eigenvalue weighted by molar-refractivity contribution is 0.0701. The van der Waals surface area contributed by atoms with E-state index in [1.807, 2.05) is 24.4 Å². The van der Waals surface area contributed by atoms with E-state index in [0.29, 0.717) is 10.7 Å². The number of thiazole rings is 1. The number of carbonyl (C=O) groups is 1. The Morgan fingerprint density at radius 3 is 2.62 bits per heavy atom. The number of carboxylic acids is 1. The van der Waals surface area contributed by atoms with Crippen LogP contribution in [0.25, 0.3) is 31.1 Å². The molecule has 0 saturated carbocycles. The van der Waals surface area contributed by atoms with E-state index in [2.05, 4.69) is 28.2 Å². The summed E-state index contributed by atoms with van der Waals surface area (Å²) in [7, 11) is 0. The Kier molecular flexibility index (Phi) is 3.63. The van der Waals surface area contributed by atoms with Crippen molar-refractivity contribution in [1.29, 1.82) is 0 Å². The van der Waals surface area contributed by atoms with Crippen molar-refractivity contribution < 1.29 is 9.90 Å². The van der Waals surface area contributed by atoms with Gasteiger partial charge in [0.05, 0.1) is 5.69 Å². The van der Waals surface area contributed by atoms with Gasteiger partial charge in [0.2, 0.25) is 0 Å². The number of nitrogens with zero attached hydrogens (tertiary/aromatic N) is 2. The first kappa shape index (κ1) is 15.0. The Balaban J connectivity index is 1.78. The highest BCUT2D eigenvalue weighted by Gasteiger charge is 2.16. The smallest absolute Gasteiger partial charge is 0.347 e. The molecule has 0 aliphatic rings. The predicted octanol–water partition coefficient (Wildman–Crippen LogP) is 5.09. The standard InChI is InChI=1S/C18H12N2O2S2/c1-10-16(18(21)22)24-17(20-10)13-6-12(8-19-9-13)15-7-11-4-2-3-5-14(11)23-15/h2-9H,1H3,(H,21,22). The number of aryl methyl sites for hydroxylation is 1. The van der Waals surface area contributed by atoms with Gasteiger partial charge in [-0.15, -0.1) is 22.7 Å². The summed E-state index contributed by atoms with van der Waals surface area (Å²) in [6, 6.07) is 12.4. The maximum absolute atomic E-state index is 11.2. The van der Waals surface area contributed by atoms with E-state index in [-0.39, 0.29) is 4.88 Å². The highest BCUT2D eigenvalue weighted by atomic mass is 32.1. The summed E-state index contributed by atoms with van der Waals surface area (Å²) in [6.45, 7) is 1.72. The third kappa shape index (κ3) is 2.60. The molecule has 1 aromatic carbocycles. The molecule has 0 amide bonds. The number of benzene rings is 1. The molecule has 6 heteroatoms. The van der Waals surface area contributed by atoms with Gasteiger partial charge < -0.3 is 5.11 Å². The number of aromatic carboxylic acids is 1. The third-order valence-electron chi connectivity index (χ3n) is 3.69. The molecule has 0 aliphatic carbocycles. The Labute approximate surface area is 146 Å². The Bertz CT molecular complexity index is 1030.